The van der Waals surface area contributed by atoms with Crippen LogP contribution in [-0.4, -0.2) is 16.9 Å². The molecule has 0 saturated heterocycles. The maximum Gasteiger partial charge on any atom is 0.309 e. The molecule has 5 aliphatic carbocycles. The molecule has 0 aromatic rings. The third-order valence-corrected chi connectivity index (χ3v) is 12.1. The highest BCUT2D eigenvalue weighted by atomic mass is 16.4. The monoisotopic (exact) mass is 426 g/mol. The molecule has 0 aromatic heterocycles. The van der Waals surface area contributed by atoms with Crippen LogP contribution in [-0.2, 0) is 9.59 Å². The molecule has 8 atom stereocenters. The van der Waals surface area contributed by atoms with Gasteiger partial charge >= 0.3 is 5.97 Å². The van der Waals surface area contributed by atoms with Gasteiger partial charge in [0.15, 0.2) is 5.78 Å². The Labute approximate surface area is 188 Å². The zero-order valence-electron chi connectivity index (χ0n) is 20.4. The van der Waals surface area contributed by atoms with Crippen molar-refractivity contribution in [2.75, 3.05) is 0 Å². The summed E-state index contributed by atoms with van der Waals surface area (Å²) >= 11 is 0. The van der Waals surface area contributed by atoms with E-state index in [0.29, 0.717) is 18.1 Å². The summed E-state index contributed by atoms with van der Waals surface area (Å²) in [7, 11) is 0. The standard InChI is InChI=1S/C28H42O3/c1-24-12-13-25(2,23(30)31)17-20(24)19-16-21(29)22-26(3)10-7-6-8-18(26)9-11-28(22,5)27(19,4)15-14-24/h16,18,20,22H,6-15,17H2,1-5H3,(H,30,31)/t18-,20-,22-,24-,25+,26+,27-,28-/m1/s1. The molecule has 4 fully saturated rings. The van der Waals surface area contributed by atoms with Crippen molar-refractivity contribution >= 4 is 11.8 Å². The third kappa shape index (κ3) is 2.64. The lowest BCUT2D eigenvalue weighted by Gasteiger charge is -2.68. The molecular weight excluding hydrogens is 384 g/mol. The Morgan fingerprint density at radius 2 is 1.65 bits per heavy atom. The van der Waals surface area contributed by atoms with E-state index in [4.69, 9.17) is 0 Å². The highest BCUT2D eigenvalue weighted by molar-refractivity contribution is 5.95. The fourth-order valence-corrected chi connectivity index (χ4v) is 9.55. The van der Waals surface area contributed by atoms with E-state index >= 15 is 0 Å². The number of hydrogen-bond acceptors (Lipinski definition) is 2. The fourth-order valence-electron chi connectivity index (χ4n) is 9.55. The lowest BCUT2D eigenvalue weighted by atomic mass is 9.35. The number of allylic oxidation sites excluding steroid dienone is 2. The Morgan fingerprint density at radius 3 is 2.35 bits per heavy atom. The number of carbonyl (C=O) groups is 2. The Hall–Kier alpha value is -1.12. The summed E-state index contributed by atoms with van der Waals surface area (Å²) in [5.41, 5.74) is 0.936. The van der Waals surface area contributed by atoms with Crippen LogP contribution in [0.5, 0.6) is 0 Å². The zero-order chi connectivity index (χ0) is 22.4. The molecule has 5 aliphatic rings. The van der Waals surface area contributed by atoms with Crippen LogP contribution in [0.4, 0.5) is 0 Å². The van der Waals surface area contributed by atoms with Crippen LogP contribution in [0.3, 0.4) is 0 Å². The van der Waals surface area contributed by atoms with E-state index in [2.05, 4.69) is 33.8 Å². The minimum absolute atomic E-state index is 0.00480. The molecule has 1 N–H and O–H groups in total. The maximum absolute atomic E-state index is 14.0. The van der Waals surface area contributed by atoms with E-state index in [-0.39, 0.29) is 33.5 Å². The van der Waals surface area contributed by atoms with Crippen molar-refractivity contribution in [1.82, 2.24) is 0 Å². The number of hydrogen-bond donors (Lipinski definition) is 1. The first-order valence-electron chi connectivity index (χ1n) is 12.9. The van der Waals surface area contributed by atoms with E-state index in [0.717, 1.165) is 32.1 Å². The molecule has 0 spiro atoms. The van der Waals surface area contributed by atoms with Gasteiger partial charge < -0.3 is 5.11 Å². The van der Waals surface area contributed by atoms with Gasteiger partial charge in [-0.25, -0.2) is 0 Å². The molecular formula is C28H42O3. The third-order valence-electron chi connectivity index (χ3n) is 12.1. The van der Waals surface area contributed by atoms with Crippen LogP contribution >= 0.6 is 0 Å². The summed E-state index contributed by atoms with van der Waals surface area (Å²) in [6.07, 6.45) is 14.3. The molecule has 0 bridgehead atoms. The molecule has 0 aromatic carbocycles. The number of carbonyl (C=O) groups excluding carboxylic acids is 1. The molecule has 0 heterocycles. The van der Waals surface area contributed by atoms with Gasteiger partial charge in [-0.15, -0.1) is 0 Å². The van der Waals surface area contributed by atoms with Gasteiger partial charge in [0.25, 0.3) is 0 Å². The molecule has 3 heteroatoms. The minimum atomic E-state index is -0.670. The molecule has 0 radical (unpaired) electrons. The van der Waals surface area contributed by atoms with Crippen molar-refractivity contribution in [2.45, 2.75) is 105 Å². The quantitative estimate of drug-likeness (QED) is 0.501. The summed E-state index contributed by atoms with van der Waals surface area (Å²) < 4.78 is 0. The van der Waals surface area contributed by atoms with Gasteiger partial charge in [0.05, 0.1) is 5.41 Å². The predicted molar refractivity (Wildman–Crippen MR) is 123 cm³/mol. The van der Waals surface area contributed by atoms with Crippen molar-refractivity contribution in [3.05, 3.63) is 11.6 Å². The Kier molecular flexibility index (Phi) is 4.53. The lowest BCUT2D eigenvalue weighted by Crippen LogP contribution is -2.63. The van der Waals surface area contributed by atoms with Crippen molar-refractivity contribution in [2.24, 2.45) is 44.8 Å². The second-order valence-corrected chi connectivity index (χ2v) is 13.4. The summed E-state index contributed by atoms with van der Waals surface area (Å²) in [6, 6.07) is 0. The molecule has 31 heavy (non-hydrogen) atoms. The average molecular weight is 427 g/mol. The largest absolute Gasteiger partial charge is 0.481 e. The minimum Gasteiger partial charge on any atom is -0.481 e. The van der Waals surface area contributed by atoms with Crippen molar-refractivity contribution < 1.29 is 14.7 Å². The molecule has 172 valence electrons. The van der Waals surface area contributed by atoms with Gasteiger partial charge in [-0.3, -0.25) is 9.59 Å². The Balaban J connectivity index is 1.62. The number of rotatable bonds is 1. The Morgan fingerprint density at radius 1 is 0.935 bits per heavy atom. The van der Waals surface area contributed by atoms with E-state index in [1.54, 1.807) is 0 Å². The van der Waals surface area contributed by atoms with Crippen LogP contribution in [0.15, 0.2) is 11.6 Å². The summed E-state index contributed by atoms with van der Waals surface area (Å²) in [5.74, 6) is 0.756. The first-order valence-corrected chi connectivity index (χ1v) is 12.9. The average Bonchev–Trinajstić information content (AvgIpc) is 2.70. The van der Waals surface area contributed by atoms with Gasteiger partial charge in [-0.2, -0.15) is 0 Å². The first kappa shape index (κ1) is 21.7. The van der Waals surface area contributed by atoms with Crippen molar-refractivity contribution in [3.8, 4) is 0 Å². The van der Waals surface area contributed by atoms with Gasteiger partial charge in [0.1, 0.15) is 0 Å². The fraction of sp³-hybridized carbons (Fsp3) is 0.857. The van der Waals surface area contributed by atoms with Gasteiger partial charge in [0, 0.05) is 5.92 Å². The number of fused-ring (bicyclic) bond motifs is 7. The number of ketones is 1. The van der Waals surface area contributed by atoms with Gasteiger partial charge in [0.2, 0.25) is 0 Å². The van der Waals surface area contributed by atoms with Crippen LogP contribution in [0.1, 0.15) is 105 Å². The number of carboxylic acid groups (broad SMARTS) is 1. The lowest BCUT2D eigenvalue weighted by molar-refractivity contribution is -0.171. The number of carboxylic acids is 1. The maximum atomic E-state index is 14.0. The molecule has 0 aliphatic heterocycles. The van der Waals surface area contributed by atoms with Gasteiger partial charge in [-0.1, -0.05) is 46.1 Å². The van der Waals surface area contributed by atoms with Crippen molar-refractivity contribution in [1.29, 1.82) is 0 Å². The van der Waals surface area contributed by atoms with E-state index in [1.165, 1.54) is 37.7 Å². The summed E-state index contributed by atoms with van der Waals surface area (Å²) in [6.45, 7) is 11.6. The summed E-state index contributed by atoms with van der Waals surface area (Å²) in [5, 5.41) is 10.00. The van der Waals surface area contributed by atoms with E-state index < -0.39 is 11.4 Å². The highest BCUT2D eigenvalue weighted by Crippen LogP contribution is 2.73. The molecule has 0 unspecified atom stereocenters. The Bertz CT molecular complexity index is 858. The van der Waals surface area contributed by atoms with E-state index in [1.807, 2.05) is 6.92 Å². The van der Waals surface area contributed by atoms with Crippen molar-refractivity contribution in [3.63, 3.8) is 0 Å². The normalized spacial score (nSPS) is 54.0. The highest BCUT2D eigenvalue weighted by Gasteiger charge is 2.68. The van der Waals surface area contributed by atoms with Crippen LogP contribution < -0.4 is 0 Å². The van der Waals surface area contributed by atoms with Gasteiger partial charge in [-0.05, 0) is 104 Å². The number of aliphatic carboxylic acids is 1. The predicted octanol–water partition coefficient (Wildman–Crippen LogP) is 6.81. The summed E-state index contributed by atoms with van der Waals surface area (Å²) in [4.78, 5) is 26.1. The first-order chi connectivity index (χ1) is 14.4. The molecule has 4 saturated carbocycles. The smallest absolute Gasteiger partial charge is 0.309 e. The zero-order valence-corrected chi connectivity index (χ0v) is 20.4. The SMILES string of the molecule is C[C@]1(C(=O)O)CC[C@]2(C)CC[C@]3(C)C(=CC(=O)[C@@H]4[C@@]5(C)CCCC[C@@H]5CC[C@]43C)[C@H]2C1. The van der Waals surface area contributed by atoms with Crippen LogP contribution in [0, 0.1) is 44.8 Å². The van der Waals surface area contributed by atoms with E-state index in [9.17, 15) is 14.7 Å². The topological polar surface area (TPSA) is 54.4 Å². The van der Waals surface area contributed by atoms with Crippen LogP contribution in [0.2, 0.25) is 0 Å². The molecule has 3 nitrogen and oxygen atoms in total. The van der Waals surface area contributed by atoms with Crippen LogP contribution in [0.25, 0.3) is 0 Å². The second kappa shape index (κ2) is 6.48. The second-order valence-electron chi connectivity index (χ2n) is 13.4. The molecule has 5 rings (SSSR count). The molecule has 0 amide bonds.